The van der Waals surface area contributed by atoms with Gasteiger partial charge in [0.1, 0.15) is 0 Å². The molecule has 0 spiro atoms. The third-order valence-electron chi connectivity index (χ3n) is 6.43. The molecule has 4 nitrogen and oxygen atoms in total. The van der Waals surface area contributed by atoms with Gasteiger partial charge in [-0.1, -0.05) is 36.4 Å². The van der Waals surface area contributed by atoms with E-state index < -0.39 is 11.7 Å². The fraction of sp³-hybridized carbons (Fsp3) is 0.333. The number of hydrogen-bond donors (Lipinski definition) is 2. The molecule has 3 aromatic carbocycles. The number of aromatic hydroxyl groups is 1. The van der Waals surface area contributed by atoms with Gasteiger partial charge < -0.3 is 19.9 Å². The average Bonchev–Trinajstić information content (AvgIpc) is 2.85. The number of halogens is 3. The van der Waals surface area contributed by atoms with Gasteiger partial charge in [0.25, 0.3) is 0 Å². The normalized spacial score (nSPS) is 15.8. The minimum Gasteiger partial charge on any atom is -0.504 e. The van der Waals surface area contributed by atoms with E-state index in [1.807, 2.05) is 18.2 Å². The highest BCUT2D eigenvalue weighted by Crippen LogP contribution is 2.37. The second-order valence-corrected chi connectivity index (χ2v) is 8.69. The first-order valence-electron chi connectivity index (χ1n) is 11.2. The van der Waals surface area contributed by atoms with E-state index in [9.17, 15) is 18.3 Å². The van der Waals surface area contributed by atoms with Gasteiger partial charge in [0.2, 0.25) is 0 Å². The Morgan fingerprint density at radius 2 is 1.68 bits per heavy atom. The summed E-state index contributed by atoms with van der Waals surface area (Å²) in [6.07, 6.45) is -2.69. The summed E-state index contributed by atoms with van der Waals surface area (Å²) in [6.45, 7) is 2.23. The van der Waals surface area contributed by atoms with Crippen LogP contribution in [0.5, 0.6) is 11.5 Å². The van der Waals surface area contributed by atoms with Crippen LogP contribution in [0.2, 0.25) is 0 Å². The van der Waals surface area contributed by atoms with Gasteiger partial charge in [-0.05, 0) is 78.5 Å². The van der Waals surface area contributed by atoms with Crippen molar-refractivity contribution in [3.63, 3.8) is 0 Å². The van der Waals surface area contributed by atoms with Crippen LogP contribution >= 0.6 is 0 Å². The van der Waals surface area contributed by atoms with Crippen LogP contribution in [0.15, 0.2) is 66.7 Å². The van der Waals surface area contributed by atoms with Gasteiger partial charge in [-0.2, -0.15) is 13.2 Å². The van der Waals surface area contributed by atoms with E-state index in [0.29, 0.717) is 23.3 Å². The van der Waals surface area contributed by atoms with Gasteiger partial charge >= 0.3 is 6.18 Å². The predicted molar refractivity (Wildman–Crippen MR) is 125 cm³/mol. The lowest BCUT2D eigenvalue weighted by Gasteiger charge is -2.38. The maximum Gasteiger partial charge on any atom is 0.416 e. The molecule has 0 bridgehead atoms. The summed E-state index contributed by atoms with van der Waals surface area (Å²) in [5.41, 5.74) is 1.62. The molecule has 34 heavy (non-hydrogen) atoms. The summed E-state index contributed by atoms with van der Waals surface area (Å²) in [7, 11) is 1.40. The van der Waals surface area contributed by atoms with Gasteiger partial charge in [-0.15, -0.1) is 0 Å². The third-order valence-corrected chi connectivity index (χ3v) is 6.43. The number of piperidine rings is 1. The Morgan fingerprint density at radius 1 is 0.941 bits per heavy atom. The summed E-state index contributed by atoms with van der Waals surface area (Å²) in [5.74, 6) is 0.124. The Morgan fingerprint density at radius 3 is 2.35 bits per heavy atom. The smallest absolute Gasteiger partial charge is 0.416 e. The molecule has 2 N–H and O–H groups in total. The largest absolute Gasteiger partial charge is 0.504 e. The number of nitrogens with one attached hydrogen (secondary N) is 1. The molecule has 0 amide bonds. The van der Waals surface area contributed by atoms with E-state index in [4.69, 9.17) is 9.47 Å². The number of alkyl halides is 3. The molecule has 0 saturated carbocycles. The molecule has 1 aliphatic heterocycles. The molecule has 0 aliphatic carbocycles. The second-order valence-electron chi connectivity index (χ2n) is 8.69. The van der Waals surface area contributed by atoms with Crippen molar-refractivity contribution in [2.24, 2.45) is 0 Å². The number of phenolic OH excluding ortho intramolecular Hbond substituents is 1. The maximum atomic E-state index is 13.7. The number of methoxy groups -OCH3 is 1. The van der Waals surface area contributed by atoms with Gasteiger partial charge in [0.15, 0.2) is 11.5 Å². The van der Waals surface area contributed by atoms with Crippen LogP contribution < -0.4 is 10.1 Å². The zero-order valence-corrected chi connectivity index (χ0v) is 19.0. The molecule has 3 aromatic rings. The molecule has 0 radical (unpaired) electrons. The van der Waals surface area contributed by atoms with Gasteiger partial charge in [-0.25, -0.2) is 0 Å². The maximum absolute atomic E-state index is 13.7. The molecule has 0 atom stereocenters. The summed E-state index contributed by atoms with van der Waals surface area (Å²) < 4.78 is 52.2. The van der Waals surface area contributed by atoms with E-state index in [-0.39, 0.29) is 23.5 Å². The molecule has 1 saturated heterocycles. The number of ether oxygens (including phenoxy) is 2. The molecule has 0 aromatic heterocycles. The van der Waals surface area contributed by atoms with Crippen LogP contribution in [0.4, 0.5) is 13.2 Å². The Balaban J connectivity index is 1.59. The van der Waals surface area contributed by atoms with Gasteiger partial charge in [0.05, 0.1) is 25.9 Å². The predicted octanol–water partition coefficient (Wildman–Crippen LogP) is 5.92. The van der Waals surface area contributed by atoms with Crippen molar-refractivity contribution in [2.45, 2.75) is 31.0 Å². The van der Waals surface area contributed by atoms with E-state index >= 15 is 0 Å². The first kappa shape index (κ1) is 24.1. The van der Waals surface area contributed by atoms with Crippen LogP contribution in [0, 0.1) is 0 Å². The molecule has 4 rings (SSSR count). The molecule has 7 heteroatoms. The quantitative estimate of drug-likeness (QED) is 0.449. The Hall–Kier alpha value is -3.03. The summed E-state index contributed by atoms with van der Waals surface area (Å²) in [4.78, 5) is 0. The van der Waals surface area contributed by atoms with Crippen molar-refractivity contribution in [3.05, 3.63) is 83.4 Å². The van der Waals surface area contributed by atoms with Crippen molar-refractivity contribution in [1.82, 2.24) is 5.32 Å². The fourth-order valence-electron chi connectivity index (χ4n) is 4.54. The van der Waals surface area contributed by atoms with E-state index in [0.717, 1.165) is 38.1 Å². The van der Waals surface area contributed by atoms with Crippen molar-refractivity contribution in [1.29, 1.82) is 0 Å². The third kappa shape index (κ3) is 5.37. The fourth-order valence-corrected chi connectivity index (χ4v) is 4.54. The second kappa shape index (κ2) is 10.1. The molecular weight excluding hydrogens is 443 g/mol. The molecule has 0 unspecified atom stereocenters. The topological polar surface area (TPSA) is 50.7 Å². The van der Waals surface area contributed by atoms with Crippen LogP contribution in [0.25, 0.3) is 11.1 Å². The lowest BCUT2D eigenvalue weighted by Crippen LogP contribution is -2.43. The zero-order chi connectivity index (χ0) is 24.2. The van der Waals surface area contributed by atoms with Crippen LogP contribution in [-0.2, 0) is 22.9 Å². The number of hydrogen-bond acceptors (Lipinski definition) is 4. The molecule has 1 fully saturated rings. The highest BCUT2D eigenvalue weighted by Gasteiger charge is 2.34. The van der Waals surface area contributed by atoms with Gasteiger partial charge in [0, 0.05) is 5.41 Å². The van der Waals surface area contributed by atoms with Crippen molar-refractivity contribution in [2.75, 3.05) is 26.8 Å². The van der Waals surface area contributed by atoms with Crippen LogP contribution in [-0.4, -0.2) is 31.9 Å². The highest BCUT2D eigenvalue weighted by atomic mass is 19.4. The highest BCUT2D eigenvalue weighted by molar-refractivity contribution is 5.68. The summed E-state index contributed by atoms with van der Waals surface area (Å²) >= 11 is 0. The minimum absolute atomic E-state index is 0.0636. The standard InChI is InChI=1S/C27H28F3NO3/c1-33-25-16-20(7-8-24(25)32)21-13-19(14-23(15-21)27(28,29)30)17-34-18-26(9-11-31-12-10-26)22-5-3-2-4-6-22/h2-8,13-16,31-32H,9-12,17-18H2,1H3. The molecule has 180 valence electrons. The van der Waals surface area contributed by atoms with Gasteiger partial charge in [-0.3, -0.25) is 0 Å². The van der Waals surface area contributed by atoms with E-state index in [1.54, 1.807) is 12.1 Å². The molecule has 1 aliphatic rings. The van der Waals surface area contributed by atoms with Crippen LogP contribution in [0.1, 0.15) is 29.5 Å². The van der Waals surface area contributed by atoms with Crippen molar-refractivity contribution < 1.29 is 27.8 Å². The molecule has 1 heterocycles. The lowest BCUT2D eigenvalue weighted by molar-refractivity contribution is -0.137. The zero-order valence-electron chi connectivity index (χ0n) is 19.0. The van der Waals surface area contributed by atoms with E-state index in [1.165, 1.54) is 24.8 Å². The SMILES string of the molecule is COc1cc(-c2cc(COCC3(c4ccccc4)CCNCC3)cc(C(F)(F)F)c2)ccc1O. The van der Waals surface area contributed by atoms with E-state index in [2.05, 4.69) is 17.4 Å². The first-order valence-corrected chi connectivity index (χ1v) is 11.2. The Labute approximate surface area is 197 Å². The van der Waals surface area contributed by atoms with Crippen molar-refractivity contribution >= 4 is 0 Å². The number of phenols is 1. The average molecular weight is 472 g/mol. The summed E-state index contributed by atoms with van der Waals surface area (Å²) in [5, 5.41) is 13.2. The first-order chi connectivity index (χ1) is 16.3. The van der Waals surface area contributed by atoms with Crippen LogP contribution in [0.3, 0.4) is 0 Å². The summed E-state index contributed by atoms with van der Waals surface area (Å²) in [6, 6.07) is 18.6. The minimum atomic E-state index is -4.49. The monoisotopic (exact) mass is 471 g/mol. The Kier molecular flexibility index (Phi) is 7.14. The Bertz CT molecular complexity index is 1110. The lowest BCUT2D eigenvalue weighted by atomic mass is 9.74. The number of rotatable bonds is 7. The molecular formula is C27H28F3NO3. The van der Waals surface area contributed by atoms with Crippen molar-refractivity contribution in [3.8, 4) is 22.6 Å². The number of benzene rings is 3.